The minimum absolute atomic E-state index is 0.00143. The summed E-state index contributed by atoms with van der Waals surface area (Å²) in [7, 11) is 0. The number of aliphatic hydroxyl groups excluding tert-OH is 1. The fraction of sp³-hybridized carbons (Fsp3) is 0.308. The molecule has 4 nitrogen and oxygen atoms in total. The first-order chi connectivity index (χ1) is 9.02. The van der Waals surface area contributed by atoms with Gasteiger partial charge in [-0.2, -0.15) is 0 Å². The van der Waals surface area contributed by atoms with E-state index in [4.69, 9.17) is 28.3 Å². The zero-order chi connectivity index (χ0) is 14.0. The summed E-state index contributed by atoms with van der Waals surface area (Å²) in [6, 6.07) is 5.21. The van der Waals surface area contributed by atoms with Crippen LogP contribution in [0, 0.1) is 5.92 Å². The number of H-pyrrole nitrogens is 1. The first kappa shape index (κ1) is 14.2. The maximum Gasteiger partial charge on any atom is 0.269 e. The molecule has 0 aliphatic heterocycles. The zero-order valence-corrected chi connectivity index (χ0v) is 11.8. The van der Waals surface area contributed by atoms with Gasteiger partial charge in [-0.05, 0) is 24.1 Å². The number of hydrogen-bond acceptors (Lipinski definition) is 2. The first-order valence-electron chi connectivity index (χ1n) is 5.88. The second-order valence-electron chi connectivity index (χ2n) is 4.50. The van der Waals surface area contributed by atoms with Gasteiger partial charge in [0.05, 0.1) is 5.02 Å². The Morgan fingerprint density at radius 2 is 2.21 bits per heavy atom. The largest absolute Gasteiger partial charge is 0.396 e. The number of carbonyl (C=O) groups is 1. The lowest BCUT2D eigenvalue weighted by atomic mass is 10.2. The molecule has 0 radical (unpaired) electrons. The van der Waals surface area contributed by atoms with Gasteiger partial charge in [-0.3, -0.25) is 4.79 Å². The molecule has 2 rings (SSSR count). The SMILES string of the molecule is CC(CO)CNC(=O)c1[nH]c2ccc(Cl)cc2c1Cl. The van der Waals surface area contributed by atoms with Crippen LogP contribution in [0.3, 0.4) is 0 Å². The highest BCUT2D eigenvalue weighted by molar-refractivity contribution is 6.39. The Morgan fingerprint density at radius 1 is 1.47 bits per heavy atom. The summed E-state index contributed by atoms with van der Waals surface area (Å²) in [4.78, 5) is 15.0. The van der Waals surface area contributed by atoms with Crippen LogP contribution in [0.2, 0.25) is 10.0 Å². The van der Waals surface area contributed by atoms with Crippen molar-refractivity contribution in [2.24, 2.45) is 5.92 Å². The molecular weight excluding hydrogens is 287 g/mol. The zero-order valence-electron chi connectivity index (χ0n) is 10.3. The van der Waals surface area contributed by atoms with Crippen molar-refractivity contribution in [1.82, 2.24) is 10.3 Å². The number of halogens is 2. The van der Waals surface area contributed by atoms with Gasteiger partial charge in [-0.15, -0.1) is 0 Å². The van der Waals surface area contributed by atoms with Gasteiger partial charge in [0.25, 0.3) is 5.91 Å². The topological polar surface area (TPSA) is 65.1 Å². The number of hydrogen-bond donors (Lipinski definition) is 3. The van der Waals surface area contributed by atoms with Crippen molar-refractivity contribution in [2.45, 2.75) is 6.92 Å². The van der Waals surface area contributed by atoms with Crippen LogP contribution in [-0.2, 0) is 0 Å². The van der Waals surface area contributed by atoms with Gasteiger partial charge in [0.15, 0.2) is 0 Å². The number of aromatic nitrogens is 1. The van der Waals surface area contributed by atoms with Crippen LogP contribution in [0.1, 0.15) is 17.4 Å². The average Bonchev–Trinajstić information content (AvgIpc) is 2.73. The van der Waals surface area contributed by atoms with Gasteiger partial charge in [-0.25, -0.2) is 0 Å². The minimum atomic E-state index is -0.294. The van der Waals surface area contributed by atoms with E-state index in [1.54, 1.807) is 18.2 Å². The molecule has 0 saturated carbocycles. The predicted octanol–water partition coefficient (Wildman–Crippen LogP) is 2.83. The smallest absolute Gasteiger partial charge is 0.269 e. The second-order valence-corrected chi connectivity index (χ2v) is 5.32. The number of fused-ring (bicyclic) bond motifs is 1. The summed E-state index contributed by atoms with van der Waals surface area (Å²) in [5.41, 5.74) is 1.07. The number of amides is 1. The molecule has 0 spiro atoms. The lowest BCUT2D eigenvalue weighted by Crippen LogP contribution is -2.29. The van der Waals surface area contributed by atoms with Crippen LogP contribution in [0.4, 0.5) is 0 Å². The Balaban J connectivity index is 2.25. The maximum absolute atomic E-state index is 12.0. The normalized spacial score (nSPS) is 12.6. The Labute approximate surface area is 120 Å². The highest BCUT2D eigenvalue weighted by atomic mass is 35.5. The number of aliphatic hydroxyl groups is 1. The van der Waals surface area contributed by atoms with E-state index in [1.807, 2.05) is 6.92 Å². The summed E-state index contributed by atoms with van der Waals surface area (Å²) < 4.78 is 0. The molecule has 6 heteroatoms. The van der Waals surface area contributed by atoms with Crippen molar-refractivity contribution in [2.75, 3.05) is 13.2 Å². The quantitative estimate of drug-likeness (QED) is 0.813. The third-order valence-corrected chi connectivity index (χ3v) is 3.47. The van der Waals surface area contributed by atoms with Crippen LogP contribution >= 0.6 is 23.2 Å². The molecule has 1 aromatic heterocycles. The second kappa shape index (κ2) is 5.82. The van der Waals surface area contributed by atoms with E-state index in [2.05, 4.69) is 10.3 Å². The number of aromatic amines is 1. The summed E-state index contributed by atoms with van der Waals surface area (Å²) in [6.07, 6.45) is 0. The van der Waals surface area contributed by atoms with E-state index in [0.717, 1.165) is 10.9 Å². The van der Waals surface area contributed by atoms with E-state index in [0.29, 0.717) is 22.3 Å². The minimum Gasteiger partial charge on any atom is -0.396 e. The highest BCUT2D eigenvalue weighted by Gasteiger charge is 2.16. The summed E-state index contributed by atoms with van der Waals surface area (Å²) in [5.74, 6) is -0.292. The summed E-state index contributed by atoms with van der Waals surface area (Å²) >= 11 is 12.1. The monoisotopic (exact) mass is 300 g/mol. The molecule has 0 aliphatic rings. The van der Waals surface area contributed by atoms with E-state index < -0.39 is 0 Å². The molecule has 2 aromatic rings. The molecule has 19 heavy (non-hydrogen) atoms. The van der Waals surface area contributed by atoms with Gasteiger partial charge >= 0.3 is 0 Å². The van der Waals surface area contributed by atoms with Crippen molar-refractivity contribution in [3.05, 3.63) is 33.9 Å². The lowest BCUT2D eigenvalue weighted by Gasteiger charge is -2.08. The Kier molecular flexibility index (Phi) is 4.34. The first-order valence-corrected chi connectivity index (χ1v) is 6.64. The van der Waals surface area contributed by atoms with Crippen LogP contribution < -0.4 is 5.32 Å². The van der Waals surface area contributed by atoms with Crippen molar-refractivity contribution in [3.63, 3.8) is 0 Å². The molecule has 102 valence electrons. The van der Waals surface area contributed by atoms with Crippen LogP contribution in [0.15, 0.2) is 18.2 Å². The molecule has 1 amide bonds. The lowest BCUT2D eigenvalue weighted by molar-refractivity contribution is 0.0938. The molecule has 1 atom stereocenters. The molecule has 0 fully saturated rings. The molecule has 0 bridgehead atoms. The third-order valence-electron chi connectivity index (χ3n) is 2.85. The van der Waals surface area contributed by atoms with E-state index in [-0.39, 0.29) is 18.4 Å². The summed E-state index contributed by atoms with van der Waals surface area (Å²) in [5, 5.41) is 13.3. The van der Waals surface area contributed by atoms with Gasteiger partial charge in [0.2, 0.25) is 0 Å². The molecule has 1 aromatic carbocycles. The van der Waals surface area contributed by atoms with E-state index in [1.165, 1.54) is 0 Å². The van der Waals surface area contributed by atoms with Crippen LogP contribution in [0.25, 0.3) is 10.9 Å². The highest BCUT2D eigenvalue weighted by Crippen LogP contribution is 2.29. The standard InChI is InChI=1S/C13H14Cl2N2O2/c1-7(6-18)5-16-13(19)12-11(15)9-4-8(14)2-3-10(9)17-12/h2-4,7,17-18H,5-6H2,1H3,(H,16,19). The number of benzene rings is 1. The molecule has 1 heterocycles. The molecule has 3 N–H and O–H groups in total. The van der Waals surface area contributed by atoms with Crippen LogP contribution in [-0.4, -0.2) is 29.1 Å². The van der Waals surface area contributed by atoms with Crippen molar-refractivity contribution in [3.8, 4) is 0 Å². The van der Waals surface area contributed by atoms with Gasteiger partial charge in [0.1, 0.15) is 5.69 Å². The number of rotatable bonds is 4. The maximum atomic E-state index is 12.0. The van der Waals surface area contributed by atoms with Gasteiger partial charge in [0, 0.05) is 29.1 Å². The van der Waals surface area contributed by atoms with Crippen molar-refractivity contribution in [1.29, 1.82) is 0 Å². The molecule has 0 aliphatic carbocycles. The Hall–Kier alpha value is -1.23. The Bertz CT molecular complexity index is 610. The number of carbonyl (C=O) groups excluding carboxylic acids is 1. The van der Waals surface area contributed by atoms with Crippen molar-refractivity contribution < 1.29 is 9.90 Å². The fourth-order valence-corrected chi connectivity index (χ4v) is 2.17. The molecule has 1 unspecified atom stereocenters. The van der Waals surface area contributed by atoms with Crippen LogP contribution in [0.5, 0.6) is 0 Å². The fourth-order valence-electron chi connectivity index (χ4n) is 1.71. The number of nitrogens with one attached hydrogen (secondary N) is 2. The Morgan fingerprint density at radius 3 is 2.89 bits per heavy atom. The van der Waals surface area contributed by atoms with Gasteiger partial charge < -0.3 is 15.4 Å². The molecule has 0 saturated heterocycles. The summed E-state index contributed by atoms with van der Waals surface area (Å²) in [6.45, 7) is 2.25. The third kappa shape index (κ3) is 3.03. The van der Waals surface area contributed by atoms with Crippen molar-refractivity contribution >= 4 is 40.0 Å². The molecular formula is C13H14Cl2N2O2. The van der Waals surface area contributed by atoms with E-state index >= 15 is 0 Å². The predicted molar refractivity (Wildman–Crippen MR) is 76.9 cm³/mol. The van der Waals surface area contributed by atoms with E-state index in [9.17, 15) is 4.79 Å². The average molecular weight is 301 g/mol. The van der Waals surface area contributed by atoms with Gasteiger partial charge in [-0.1, -0.05) is 30.1 Å².